The summed E-state index contributed by atoms with van der Waals surface area (Å²) in [5, 5.41) is 12.8. The van der Waals surface area contributed by atoms with Gasteiger partial charge in [-0.15, -0.1) is 5.92 Å². The summed E-state index contributed by atoms with van der Waals surface area (Å²) in [6.45, 7) is 5.29. The number of imidazole rings is 1. The Labute approximate surface area is 179 Å². The van der Waals surface area contributed by atoms with Crippen molar-refractivity contribution in [3.8, 4) is 17.9 Å². The number of anilines is 1. The largest absolute Gasteiger partial charge is 0.340 e. The van der Waals surface area contributed by atoms with Gasteiger partial charge >= 0.3 is 5.69 Å². The number of benzene rings is 1. The van der Waals surface area contributed by atoms with E-state index in [1.165, 1.54) is 11.6 Å². The Balaban J connectivity index is 1.99. The predicted octanol–water partition coefficient (Wildman–Crippen LogP) is 0.250. The van der Waals surface area contributed by atoms with Crippen molar-refractivity contribution in [2.45, 2.75) is 20.0 Å². The third-order valence-corrected chi connectivity index (χ3v) is 5.49. The average molecular weight is 417 g/mol. The van der Waals surface area contributed by atoms with Crippen molar-refractivity contribution in [1.29, 1.82) is 5.26 Å². The number of rotatable bonds is 4. The molecular formula is C22H23N7O2. The van der Waals surface area contributed by atoms with Gasteiger partial charge in [0.1, 0.15) is 0 Å². The quantitative estimate of drug-likeness (QED) is 0.611. The van der Waals surface area contributed by atoms with E-state index in [9.17, 15) is 14.9 Å². The molecule has 0 radical (unpaired) electrons. The van der Waals surface area contributed by atoms with Crippen LogP contribution in [0.25, 0.3) is 11.2 Å². The van der Waals surface area contributed by atoms with Crippen molar-refractivity contribution in [2.75, 3.05) is 31.1 Å². The minimum atomic E-state index is -0.469. The minimum Gasteiger partial charge on any atom is -0.340 e. The lowest BCUT2D eigenvalue weighted by Crippen LogP contribution is -2.44. The van der Waals surface area contributed by atoms with Gasteiger partial charge in [-0.25, -0.2) is 4.79 Å². The fourth-order valence-electron chi connectivity index (χ4n) is 3.84. The highest BCUT2D eigenvalue weighted by molar-refractivity contribution is 5.75. The lowest BCUT2D eigenvalue weighted by molar-refractivity contribution is 0.572. The molecule has 3 aromatic rings. The molecule has 1 fully saturated rings. The van der Waals surface area contributed by atoms with Gasteiger partial charge < -0.3 is 10.2 Å². The van der Waals surface area contributed by atoms with E-state index in [2.05, 4.69) is 28.1 Å². The standard InChI is InChI=1S/C22H23N7O2/c1-3-4-11-28-18-19(25-21(28)27-12-9-24-10-13-27)29(22(31)26(2)20(18)30)15-17-8-6-5-7-16(17)14-23/h5-8,24H,9-13,15H2,1-2H3. The van der Waals surface area contributed by atoms with E-state index in [-0.39, 0.29) is 6.54 Å². The minimum absolute atomic E-state index is 0.144. The molecule has 0 spiro atoms. The normalized spacial score (nSPS) is 13.6. The summed E-state index contributed by atoms with van der Waals surface area (Å²) in [5.74, 6) is 6.52. The van der Waals surface area contributed by atoms with E-state index < -0.39 is 11.2 Å². The van der Waals surface area contributed by atoms with Crippen LogP contribution in [-0.2, 0) is 20.1 Å². The maximum absolute atomic E-state index is 13.1. The number of aromatic nitrogens is 4. The van der Waals surface area contributed by atoms with Crippen molar-refractivity contribution in [2.24, 2.45) is 7.05 Å². The highest BCUT2D eigenvalue weighted by Crippen LogP contribution is 2.21. The summed E-state index contributed by atoms with van der Waals surface area (Å²) >= 11 is 0. The summed E-state index contributed by atoms with van der Waals surface area (Å²) in [7, 11) is 1.46. The first-order valence-corrected chi connectivity index (χ1v) is 10.1. The summed E-state index contributed by atoms with van der Waals surface area (Å²) in [6.07, 6.45) is 0. The SMILES string of the molecule is CC#CCn1c(N2CCNCC2)nc2c1c(=O)n(C)c(=O)n2Cc1ccccc1C#N. The summed E-state index contributed by atoms with van der Waals surface area (Å²) in [6, 6.07) is 9.28. The molecule has 9 nitrogen and oxygen atoms in total. The molecule has 4 rings (SSSR count). The van der Waals surface area contributed by atoms with Gasteiger partial charge in [-0.3, -0.25) is 18.5 Å². The van der Waals surface area contributed by atoms with Crippen molar-refractivity contribution >= 4 is 17.1 Å². The molecule has 2 aromatic heterocycles. The van der Waals surface area contributed by atoms with Gasteiger partial charge in [0, 0.05) is 33.2 Å². The number of fused-ring (bicyclic) bond motifs is 1. The molecule has 0 aliphatic carbocycles. The summed E-state index contributed by atoms with van der Waals surface area (Å²) in [5.41, 5.74) is 0.953. The summed E-state index contributed by atoms with van der Waals surface area (Å²) in [4.78, 5) is 33.0. The lowest BCUT2D eigenvalue weighted by Gasteiger charge is -2.28. The molecule has 3 heterocycles. The number of hydrogen-bond acceptors (Lipinski definition) is 6. The van der Waals surface area contributed by atoms with Gasteiger partial charge in [0.25, 0.3) is 5.56 Å². The topological polar surface area (TPSA) is 101 Å². The van der Waals surface area contributed by atoms with Crippen LogP contribution in [0.2, 0.25) is 0 Å². The maximum atomic E-state index is 13.1. The van der Waals surface area contributed by atoms with Crippen LogP contribution in [0.4, 0.5) is 5.95 Å². The fraction of sp³-hybridized carbons (Fsp3) is 0.364. The van der Waals surface area contributed by atoms with Crippen LogP contribution in [-0.4, -0.2) is 44.9 Å². The Hall–Kier alpha value is -3.82. The predicted molar refractivity (Wildman–Crippen MR) is 118 cm³/mol. The van der Waals surface area contributed by atoms with Crippen LogP contribution >= 0.6 is 0 Å². The van der Waals surface area contributed by atoms with Crippen LogP contribution < -0.4 is 21.5 Å². The van der Waals surface area contributed by atoms with Crippen LogP contribution in [0.1, 0.15) is 18.1 Å². The first-order chi connectivity index (χ1) is 15.1. The molecule has 0 saturated carbocycles. The van der Waals surface area contributed by atoms with Crippen molar-refractivity contribution in [3.05, 3.63) is 56.2 Å². The molecule has 0 amide bonds. The molecule has 1 aliphatic rings. The Kier molecular flexibility index (Phi) is 5.61. The van der Waals surface area contributed by atoms with Crippen LogP contribution in [0, 0.1) is 23.2 Å². The number of piperazine rings is 1. The molecule has 0 atom stereocenters. The molecule has 1 N–H and O–H groups in total. The number of nitriles is 1. The third kappa shape index (κ3) is 3.60. The van der Waals surface area contributed by atoms with E-state index in [1.54, 1.807) is 29.7 Å². The van der Waals surface area contributed by atoms with Crippen molar-refractivity contribution in [1.82, 2.24) is 24.0 Å². The second-order valence-corrected chi connectivity index (χ2v) is 7.34. The Morgan fingerprint density at radius 1 is 1.16 bits per heavy atom. The van der Waals surface area contributed by atoms with Gasteiger partial charge in [-0.1, -0.05) is 24.1 Å². The second-order valence-electron chi connectivity index (χ2n) is 7.34. The average Bonchev–Trinajstić information content (AvgIpc) is 3.19. The molecule has 31 heavy (non-hydrogen) atoms. The molecular weight excluding hydrogens is 394 g/mol. The highest BCUT2D eigenvalue weighted by Gasteiger charge is 2.24. The maximum Gasteiger partial charge on any atom is 0.332 e. The van der Waals surface area contributed by atoms with Crippen molar-refractivity contribution in [3.63, 3.8) is 0 Å². The van der Waals surface area contributed by atoms with Gasteiger partial charge in [0.2, 0.25) is 5.95 Å². The Morgan fingerprint density at radius 2 is 1.90 bits per heavy atom. The second kappa shape index (κ2) is 8.50. The van der Waals surface area contributed by atoms with Gasteiger partial charge in [0.05, 0.1) is 24.7 Å². The van der Waals surface area contributed by atoms with Gasteiger partial charge in [0.15, 0.2) is 11.2 Å². The van der Waals surface area contributed by atoms with E-state index >= 15 is 0 Å². The zero-order valence-corrected chi connectivity index (χ0v) is 17.6. The number of nitrogens with zero attached hydrogens (tertiary/aromatic N) is 6. The van der Waals surface area contributed by atoms with Crippen LogP contribution in [0.5, 0.6) is 0 Å². The van der Waals surface area contributed by atoms with E-state index in [0.717, 1.165) is 30.7 Å². The fourth-order valence-corrected chi connectivity index (χ4v) is 3.84. The first-order valence-electron chi connectivity index (χ1n) is 10.1. The molecule has 1 saturated heterocycles. The smallest absolute Gasteiger partial charge is 0.332 e. The van der Waals surface area contributed by atoms with Crippen LogP contribution in [0.3, 0.4) is 0 Å². The first kappa shape index (κ1) is 20.5. The van der Waals surface area contributed by atoms with E-state index in [1.807, 2.05) is 6.07 Å². The van der Waals surface area contributed by atoms with Crippen LogP contribution in [0.15, 0.2) is 33.9 Å². The van der Waals surface area contributed by atoms with Crippen molar-refractivity contribution < 1.29 is 0 Å². The molecule has 0 unspecified atom stereocenters. The third-order valence-electron chi connectivity index (χ3n) is 5.49. The lowest BCUT2D eigenvalue weighted by atomic mass is 10.1. The highest BCUT2D eigenvalue weighted by atomic mass is 16.2. The number of hydrogen-bond donors (Lipinski definition) is 1. The van der Waals surface area contributed by atoms with Gasteiger partial charge in [-0.2, -0.15) is 10.2 Å². The molecule has 158 valence electrons. The summed E-state index contributed by atoms with van der Waals surface area (Å²) < 4.78 is 4.36. The molecule has 9 heteroatoms. The zero-order valence-electron chi connectivity index (χ0n) is 17.6. The van der Waals surface area contributed by atoms with E-state index in [0.29, 0.717) is 34.8 Å². The monoisotopic (exact) mass is 417 g/mol. The molecule has 0 bridgehead atoms. The van der Waals surface area contributed by atoms with Gasteiger partial charge in [-0.05, 0) is 18.6 Å². The van der Waals surface area contributed by atoms with E-state index in [4.69, 9.17) is 4.98 Å². The molecule has 1 aliphatic heterocycles. The Bertz CT molecular complexity index is 1360. The molecule has 1 aromatic carbocycles. The number of nitrogens with one attached hydrogen (secondary N) is 1. The zero-order chi connectivity index (χ0) is 22.0. The Morgan fingerprint density at radius 3 is 2.61 bits per heavy atom.